The third-order valence-corrected chi connectivity index (χ3v) is 9.25. The minimum absolute atomic E-state index is 0.151. The van der Waals surface area contributed by atoms with Crippen LogP contribution in [0.25, 0.3) is 33.6 Å². The number of fused-ring (bicyclic) bond motifs is 2. The van der Waals surface area contributed by atoms with Gasteiger partial charge in [-0.3, -0.25) is 4.79 Å². The Balaban J connectivity index is 1.62. The number of esters is 2. The zero-order valence-corrected chi connectivity index (χ0v) is 30.0. The van der Waals surface area contributed by atoms with Gasteiger partial charge in [0.15, 0.2) is 5.82 Å². The molecule has 0 radical (unpaired) electrons. The van der Waals surface area contributed by atoms with E-state index in [9.17, 15) is 14.1 Å². The van der Waals surface area contributed by atoms with Gasteiger partial charge in [-0.25, -0.2) is 14.8 Å². The lowest BCUT2D eigenvalue weighted by Crippen LogP contribution is -2.39. The van der Waals surface area contributed by atoms with E-state index < -0.39 is 22.9 Å². The first kappa shape index (κ1) is 36.2. The highest BCUT2D eigenvalue weighted by molar-refractivity contribution is 7.90. The van der Waals surface area contributed by atoms with E-state index in [-0.39, 0.29) is 10.7 Å². The van der Waals surface area contributed by atoms with E-state index in [1.165, 1.54) is 7.11 Å². The number of hydrogen-bond acceptors (Lipinski definition) is 9. The second-order valence-electron chi connectivity index (χ2n) is 13.7. The summed E-state index contributed by atoms with van der Waals surface area (Å²) in [5.74, 6) is 0.623. The fourth-order valence-corrected chi connectivity index (χ4v) is 6.14. The quantitative estimate of drug-likeness (QED) is 0.0895. The van der Waals surface area contributed by atoms with Gasteiger partial charge in [0.2, 0.25) is 0 Å². The molecule has 1 N–H and O–H groups in total. The summed E-state index contributed by atoms with van der Waals surface area (Å²) in [5, 5.41) is 0.965. The Morgan fingerprint density at radius 3 is 2.32 bits per heavy atom. The average Bonchev–Trinajstić information content (AvgIpc) is 3.53. The third kappa shape index (κ3) is 9.05. The van der Waals surface area contributed by atoms with E-state index >= 15 is 0 Å². The number of nitrogens with zero attached hydrogens (tertiary/aromatic N) is 4. The van der Waals surface area contributed by atoms with E-state index in [1.807, 2.05) is 65.3 Å². The number of nitrogens with one attached hydrogen (secondary N) is 1. The molecule has 0 aliphatic carbocycles. The number of carbonyl (C=O) groups is 2. The molecule has 0 saturated heterocycles. The number of carbonyl (C=O) groups excluding carboxylic acids is 2. The largest absolute Gasteiger partial charge is 0.598 e. The number of pyridine rings is 1. The minimum atomic E-state index is -1.22. The Morgan fingerprint density at radius 1 is 0.957 bits per heavy atom. The molecule has 11 nitrogen and oxygen atoms in total. The van der Waals surface area contributed by atoms with Gasteiger partial charge >= 0.3 is 11.9 Å². The third-order valence-electron chi connectivity index (χ3n) is 7.73. The summed E-state index contributed by atoms with van der Waals surface area (Å²) in [6.07, 6.45) is 5.07. The molecule has 0 aliphatic rings. The Hall–Kier alpha value is -3.61. The van der Waals surface area contributed by atoms with Crippen LogP contribution >= 0.6 is 0 Å². The maximum atomic E-state index is 12.7. The van der Waals surface area contributed by atoms with Gasteiger partial charge in [-0.15, -0.1) is 4.72 Å². The van der Waals surface area contributed by atoms with Gasteiger partial charge in [0.25, 0.3) is 0 Å². The molecular formula is C35H49N5O6S. The zero-order valence-electron chi connectivity index (χ0n) is 29.2. The first-order valence-electron chi connectivity index (χ1n) is 16.1. The summed E-state index contributed by atoms with van der Waals surface area (Å²) in [4.78, 5) is 34.4. The van der Waals surface area contributed by atoms with Crippen LogP contribution < -0.4 is 9.46 Å². The van der Waals surface area contributed by atoms with Crippen molar-refractivity contribution in [2.45, 2.75) is 104 Å². The molecule has 3 heterocycles. The summed E-state index contributed by atoms with van der Waals surface area (Å²) in [5.41, 5.74) is 3.78. The van der Waals surface area contributed by atoms with Gasteiger partial charge in [0.1, 0.15) is 27.3 Å². The highest BCUT2D eigenvalue weighted by Gasteiger charge is 2.27. The van der Waals surface area contributed by atoms with Gasteiger partial charge in [-0.05, 0) is 84.7 Å². The number of imidazole rings is 1. The molecule has 256 valence electrons. The molecule has 12 heteroatoms. The van der Waals surface area contributed by atoms with Crippen molar-refractivity contribution < 1.29 is 28.4 Å². The molecule has 1 unspecified atom stereocenters. The lowest BCUT2D eigenvalue weighted by atomic mass is 10.1. The zero-order chi connectivity index (χ0) is 34.5. The van der Waals surface area contributed by atoms with E-state index in [0.717, 1.165) is 60.0 Å². The molecule has 0 bridgehead atoms. The van der Waals surface area contributed by atoms with Crippen molar-refractivity contribution in [1.29, 1.82) is 0 Å². The van der Waals surface area contributed by atoms with Gasteiger partial charge in [0, 0.05) is 36.8 Å². The second kappa shape index (κ2) is 15.1. The van der Waals surface area contributed by atoms with Crippen molar-refractivity contribution in [3.05, 3.63) is 41.6 Å². The van der Waals surface area contributed by atoms with Gasteiger partial charge < -0.3 is 27.9 Å². The Labute approximate surface area is 280 Å². The predicted molar refractivity (Wildman–Crippen MR) is 186 cm³/mol. The van der Waals surface area contributed by atoms with Crippen molar-refractivity contribution in [3.8, 4) is 17.3 Å². The molecule has 4 rings (SSSR count). The number of unbranched alkanes of at least 4 members (excludes halogenated alkanes) is 4. The normalized spacial score (nSPS) is 12.9. The number of hydrogen-bond donors (Lipinski definition) is 1. The molecule has 0 amide bonds. The van der Waals surface area contributed by atoms with Crippen LogP contribution in [0.4, 0.5) is 0 Å². The number of aryl methyl sites for hydroxylation is 2. The van der Waals surface area contributed by atoms with Crippen LogP contribution in [0.1, 0.15) is 96.1 Å². The van der Waals surface area contributed by atoms with Crippen LogP contribution in [-0.2, 0) is 45.8 Å². The molecule has 0 fully saturated rings. The van der Waals surface area contributed by atoms with E-state index in [0.29, 0.717) is 42.2 Å². The average molecular weight is 668 g/mol. The van der Waals surface area contributed by atoms with Crippen molar-refractivity contribution in [3.63, 3.8) is 0 Å². The topological polar surface area (TPSA) is 133 Å². The molecule has 1 atom stereocenters. The van der Waals surface area contributed by atoms with Crippen LogP contribution in [0.5, 0.6) is 5.75 Å². The highest BCUT2D eigenvalue weighted by Crippen LogP contribution is 2.34. The number of benzene rings is 1. The standard InChI is InChI=1S/C35H49N5O6S/c1-34(2,3)46-29(41)15-13-11-10-12-14-18-40-27(20-23-16-17-25(37-31(23)40)22-36-47(43)35(4,5)6)32-38-26-19-24(33(42)45-9)21-28(44-8)30(26)39(32)7/h16-17,19-21,36H,10-15,18,22H2,1-9H3. The monoisotopic (exact) mass is 667 g/mol. The molecule has 1 aromatic carbocycles. The van der Waals surface area contributed by atoms with Crippen LogP contribution in [0, 0.1) is 0 Å². The smallest absolute Gasteiger partial charge is 0.338 e. The molecule has 47 heavy (non-hydrogen) atoms. The summed E-state index contributed by atoms with van der Waals surface area (Å²) < 4.78 is 35.6. The lowest BCUT2D eigenvalue weighted by molar-refractivity contribution is -0.154. The lowest BCUT2D eigenvalue weighted by Gasteiger charge is -2.23. The number of rotatable bonds is 14. The summed E-state index contributed by atoms with van der Waals surface area (Å²) in [6.45, 7) is 12.5. The van der Waals surface area contributed by atoms with Crippen LogP contribution in [0.2, 0.25) is 0 Å². The SMILES string of the molecule is COC(=O)c1cc(OC)c2c(c1)nc(-c1cc3ccc(CN[S+]([O-])C(C)(C)C)nc3n1CCCCCCCC(=O)OC(C)(C)C)n2C. The molecule has 0 saturated carbocycles. The van der Waals surface area contributed by atoms with Crippen molar-refractivity contribution >= 4 is 45.4 Å². The maximum absolute atomic E-state index is 12.7. The molecule has 0 spiro atoms. The number of methoxy groups -OCH3 is 2. The van der Waals surface area contributed by atoms with E-state index in [1.54, 1.807) is 19.2 Å². The first-order chi connectivity index (χ1) is 22.1. The Kier molecular flexibility index (Phi) is 11.6. The molecule has 0 aliphatic heterocycles. The fraction of sp³-hybridized carbons (Fsp3) is 0.543. The first-order valence-corrected chi connectivity index (χ1v) is 17.3. The summed E-state index contributed by atoms with van der Waals surface area (Å²) >= 11 is -1.22. The van der Waals surface area contributed by atoms with E-state index in [4.69, 9.17) is 24.2 Å². The number of aromatic nitrogens is 4. The van der Waals surface area contributed by atoms with Crippen LogP contribution in [-0.4, -0.2) is 60.2 Å². The van der Waals surface area contributed by atoms with Gasteiger partial charge in [0.05, 0.1) is 43.2 Å². The molecular weight excluding hydrogens is 618 g/mol. The fourth-order valence-electron chi connectivity index (χ4n) is 5.43. The van der Waals surface area contributed by atoms with Crippen molar-refractivity contribution in [2.24, 2.45) is 7.05 Å². The Bertz CT molecular complexity index is 1720. The molecule has 4 aromatic rings. The summed E-state index contributed by atoms with van der Waals surface area (Å²) in [7, 11) is 4.85. The van der Waals surface area contributed by atoms with Crippen molar-refractivity contribution in [1.82, 2.24) is 23.8 Å². The van der Waals surface area contributed by atoms with Crippen LogP contribution in [0.3, 0.4) is 0 Å². The van der Waals surface area contributed by atoms with Crippen molar-refractivity contribution in [2.75, 3.05) is 14.2 Å². The molecule has 3 aromatic heterocycles. The summed E-state index contributed by atoms with van der Waals surface area (Å²) in [6, 6.07) is 9.46. The maximum Gasteiger partial charge on any atom is 0.338 e. The predicted octanol–water partition coefficient (Wildman–Crippen LogP) is 6.62. The van der Waals surface area contributed by atoms with Gasteiger partial charge in [-0.1, -0.05) is 19.3 Å². The second-order valence-corrected chi connectivity index (χ2v) is 15.8. The van der Waals surface area contributed by atoms with E-state index in [2.05, 4.69) is 15.4 Å². The van der Waals surface area contributed by atoms with Crippen LogP contribution in [0.15, 0.2) is 30.3 Å². The van der Waals surface area contributed by atoms with Gasteiger partial charge in [-0.2, -0.15) is 0 Å². The highest BCUT2D eigenvalue weighted by atomic mass is 32.2. The number of ether oxygens (including phenoxy) is 3. The Morgan fingerprint density at radius 2 is 1.66 bits per heavy atom. The minimum Gasteiger partial charge on any atom is -0.598 e.